The van der Waals surface area contributed by atoms with E-state index in [0.717, 1.165) is 12.1 Å². The first-order valence-electron chi connectivity index (χ1n) is 5.56. The number of hydrogen-bond donors (Lipinski definition) is 0. The second-order valence-corrected chi connectivity index (χ2v) is 4.16. The molecule has 0 bridgehead atoms. The number of benzene rings is 1. The maximum atomic E-state index is 4.31. The van der Waals surface area contributed by atoms with E-state index in [1.807, 2.05) is 12.1 Å². The Morgan fingerprint density at radius 3 is 2.50 bits per heavy atom. The lowest BCUT2D eigenvalue weighted by atomic mass is 10.1. The highest BCUT2D eigenvalue weighted by Crippen LogP contribution is 2.17. The van der Waals surface area contributed by atoms with Gasteiger partial charge in [-0.3, -0.25) is 0 Å². The third kappa shape index (κ3) is 2.89. The average Bonchev–Trinajstić information content (AvgIpc) is 2.30. The average molecular weight is 212 g/mol. The van der Waals surface area contributed by atoms with Crippen molar-refractivity contribution >= 4 is 5.69 Å². The molecule has 1 atom stereocenters. The van der Waals surface area contributed by atoms with Gasteiger partial charge < -0.3 is 0 Å². The van der Waals surface area contributed by atoms with Gasteiger partial charge in [-0.15, -0.1) is 0 Å². The van der Waals surface area contributed by atoms with Crippen LogP contribution in [-0.4, -0.2) is 6.04 Å². The highest BCUT2D eigenvalue weighted by molar-refractivity contribution is 5.37. The summed E-state index contributed by atoms with van der Waals surface area (Å²) in [6, 6.07) is 8.29. The van der Waals surface area contributed by atoms with E-state index >= 15 is 0 Å². The molecule has 1 aliphatic carbocycles. The normalized spacial score (nSPS) is 20.1. The minimum Gasteiger partial charge on any atom is -0.181 e. The van der Waals surface area contributed by atoms with Crippen molar-refractivity contribution in [3.63, 3.8) is 0 Å². The molecule has 0 N–H and O–H groups in total. The Kier molecular flexibility index (Phi) is 3.30. The summed E-state index contributed by atoms with van der Waals surface area (Å²) < 4.78 is 0. The van der Waals surface area contributed by atoms with Gasteiger partial charge in [-0.2, -0.15) is 10.2 Å². The van der Waals surface area contributed by atoms with Gasteiger partial charge in [0, 0.05) is 0 Å². The molecular weight excluding hydrogens is 196 g/mol. The number of azo groups is 1. The molecule has 0 saturated carbocycles. The van der Waals surface area contributed by atoms with Gasteiger partial charge in [-0.05, 0) is 32.4 Å². The molecule has 0 saturated heterocycles. The summed E-state index contributed by atoms with van der Waals surface area (Å²) in [5.41, 5.74) is 3.47. The first kappa shape index (κ1) is 10.8. The Morgan fingerprint density at radius 2 is 1.88 bits per heavy atom. The zero-order chi connectivity index (χ0) is 11.4. The Labute approximate surface area is 96.4 Å². The summed E-state index contributed by atoms with van der Waals surface area (Å²) >= 11 is 0. The molecule has 2 rings (SSSR count). The Morgan fingerprint density at radius 1 is 1.12 bits per heavy atom. The van der Waals surface area contributed by atoms with Crippen LogP contribution in [0.5, 0.6) is 0 Å². The highest BCUT2D eigenvalue weighted by atomic mass is 15.1. The first-order valence-corrected chi connectivity index (χ1v) is 5.56. The number of nitrogens with zero attached hydrogens (tertiary/aromatic N) is 2. The van der Waals surface area contributed by atoms with Crippen LogP contribution in [0.4, 0.5) is 5.69 Å². The molecule has 1 unspecified atom stereocenters. The molecule has 2 nitrogen and oxygen atoms in total. The molecule has 0 spiro atoms. The third-order valence-corrected chi connectivity index (χ3v) is 2.62. The van der Waals surface area contributed by atoms with Crippen molar-refractivity contribution in [3.05, 3.63) is 53.6 Å². The van der Waals surface area contributed by atoms with Gasteiger partial charge in [-0.25, -0.2) is 0 Å². The zero-order valence-corrected chi connectivity index (χ0v) is 9.72. The molecule has 16 heavy (non-hydrogen) atoms. The van der Waals surface area contributed by atoms with Crippen LogP contribution >= 0.6 is 0 Å². The van der Waals surface area contributed by atoms with Gasteiger partial charge in [0.25, 0.3) is 0 Å². The number of aryl methyl sites for hydroxylation is 1. The largest absolute Gasteiger partial charge is 0.181 e. The van der Waals surface area contributed by atoms with Crippen LogP contribution in [0.1, 0.15) is 18.9 Å². The van der Waals surface area contributed by atoms with Crippen molar-refractivity contribution in [1.29, 1.82) is 0 Å². The van der Waals surface area contributed by atoms with Crippen LogP contribution in [0.25, 0.3) is 0 Å². The van der Waals surface area contributed by atoms with Crippen LogP contribution < -0.4 is 0 Å². The summed E-state index contributed by atoms with van der Waals surface area (Å²) in [7, 11) is 0. The molecule has 0 heterocycles. The minimum atomic E-state index is 0.199. The van der Waals surface area contributed by atoms with Crippen molar-refractivity contribution in [3.8, 4) is 0 Å². The monoisotopic (exact) mass is 212 g/mol. The van der Waals surface area contributed by atoms with Crippen molar-refractivity contribution in [2.24, 2.45) is 10.2 Å². The van der Waals surface area contributed by atoms with E-state index in [1.165, 1.54) is 11.1 Å². The summed E-state index contributed by atoms with van der Waals surface area (Å²) in [6.07, 6.45) is 7.35. The lowest BCUT2D eigenvalue weighted by molar-refractivity contribution is 0.770. The van der Waals surface area contributed by atoms with Gasteiger partial charge in [0.05, 0.1) is 11.7 Å². The molecule has 0 amide bonds. The summed E-state index contributed by atoms with van der Waals surface area (Å²) in [5.74, 6) is 0. The molecule has 0 aromatic heterocycles. The molecule has 1 aromatic carbocycles. The SMILES string of the molecule is CC1=CCC(N=Nc2ccc(C)cc2)C=C1. The molecule has 82 valence electrons. The van der Waals surface area contributed by atoms with E-state index in [9.17, 15) is 0 Å². The maximum absolute atomic E-state index is 4.31. The van der Waals surface area contributed by atoms with Gasteiger partial charge in [0.2, 0.25) is 0 Å². The second-order valence-electron chi connectivity index (χ2n) is 4.16. The molecule has 2 heteroatoms. The predicted molar refractivity (Wildman–Crippen MR) is 67.0 cm³/mol. The quantitative estimate of drug-likeness (QED) is 0.651. The fourth-order valence-corrected chi connectivity index (χ4v) is 1.55. The molecular formula is C14H16N2. The van der Waals surface area contributed by atoms with E-state index in [1.54, 1.807) is 0 Å². The van der Waals surface area contributed by atoms with Gasteiger partial charge in [0.1, 0.15) is 0 Å². The van der Waals surface area contributed by atoms with Crippen molar-refractivity contribution in [2.45, 2.75) is 26.3 Å². The van der Waals surface area contributed by atoms with Crippen LogP contribution in [0, 0.1) is 6.92 Å². The minimum absolute atomic E-state index is 0.199. The Bertz CT molecular complexity index is 438. The smallest absolute Gasteiger partial charge is 0.0930 e. The molecule has 0 fully saturated rings. The number of rotatable bonds is 2. The van der Waals surface area contributed by atoms with Crippen LogP contribution in [0.2, 0.25) is 0 Å². The maximum Gasteiger partial charge on any atom is 0.0930 e. The van der Waals surface area contributed by atoms with Gasteiger partial charge >= 0.3 is 0 Å². The fraction of sp³-hybridized carbons (Fsp3) is 0.286. The lowest BCUT2D eigenvalue weighted by Gasteiger charge is -2.08. The topological polar surface area (TPSA) is 24.7 Å². The van der Waals surface area contributed by atoms with Crippen molar-refractivity contribution in [1.82, 2.24) is 0 Å². The predicted octanol–water partition coefficient (Wildman–Crippen LogP) is 4.35. The molecule has 0 aliphatic heterocycles. The molecule has 1 aliphatic rings. The fourth-order valence-electron chi connectivity index (χ4n) is 1.55. The highest BCUT2D eigenvalue weighted by Gasteiger charge is 2.04. The van der Waals surface area contributed by atoms with Gasteiger partial charge in [-0.1, -0.05) is 41.5 Å². The van der Waals surface area contributed by atoms with Crippen molar-refractivity contribution in [2.75, 3.05) is 0 Å². The summed E-state index contributed by atoms with van der Waals surface area (Å²) in [5, 5.41) is 8.55. The van der Waals surface area contributed by atoms with E-state index in [-0.39, 0.29) is 6.04 Å². The first-order chi connectivity index (χ1) is 7.74. The Hall–Kier alpha value is -1.70. The van der Waals surface area contributed by atoms with Gasteiger partial charge in [0.15, 0.2) is 0 Å². The second kappa shape index (κ2) is 4.88. The standard InChI is InChI=1S/C14H16N2/c1-11-3-7-13(8-4-11)15-16-14-9-5-12(2)6-10-14/h3-9,14H,10H2,1-2H3. The van der Waals surface area contributed by atoms with Crippen LogP contribution in [0.3, 0.4) is 0 Å². The van der Waals surface area contributed by atoms with Crippen LogP contribution in [0.15, 0.2) is 58.3 Å². The van der Waals surface area contributed by atoms with E-state index < -0.39 is 0 Å². The number of allylic oxidation sites excluding steroid dienone is 2. The number of hydrogen-bond acceptors (Lipinski definition) is 2. The lowest BCUT2D eigenvalue weighted by Crippen LogP contribution is -2.00. The van der Waals surface area contributed by atoms with Crippen molar-refractivity contribution < 1.29 is 0 Å². The van der Waals surface area contributed by atoms with E-state index in [2.05, 4.69) is 54.4 Å². The summed E-state index contributed by atoms with van der Waals surface area (Å²) in [4.78, 5) is 0. The van der Waals surface area contributed by atoms with E-state index in [4.69, 9.17) is 0 Å². The summed E-state index contributed by atoms with van der Waals surface area (Å²) in [6.45, 7) is 4.17. The van der Waals surface area contributed by atoms with Crippen LogP contribution in [-0.2, 0) is 0 Å². The third-order valence-electron chi connectivity index (χ3n) is 2.62. The molecule has 1 aromatic rings. The zero-order valence-electron chi connectivity index (χ0n) is 9.72. The molecule has 0 radical (unpaired) electrons. The Balaban J connectivity index is 2.00. The van der Waals surface area contributed by atoms with E-state index in [0.29, 0.717) is 0 Å².